The zero-order valence-electron chi connectivity index (χ0n) is 35.0. The van der Waals surface area contributed by atoms with Gasteiger partial charge in [-0.2, -0.15) is 0 Å². The molecule has 304 valence electrons. The fourth-order valence-corrected chi connectivity index (χ4v) is 8.56. The van der Waals surface area contributed by atoms with Crippen molar-refractivity contribution < 1.29 is 24.9 Å². The molecule has 3 N–H and O–H groups in total. The molecule has 51 heavy (non-hydrogen) atoms. The molecule has 0 saturated carbocycles. The van der Waals surface area contributed by atoms with E-state index in [-0.39, 0.29) is 11.8 Å². The van der Waals surface area contributed by atoms with Crippen LogP contribution in [-0.4, -0.2) is 57.4 Å². The molecule has 0 heterocycles. The van der Waals surface area contributed by atoms with Crippen molar-refractivity contribution in [1.29, 1.82) is 0 Å². The van der Waals surface area contributed by atoms with Gasteiger partial charge in [-0.05, 0) is 115 Å². The molecule has 0 aliphatic heterocycles. The van der Waals surface area contributed by atoms with E-state index in [0.29, 0.717) is 11.8 Å². The van der Waals surface area contributed by atoms with E-state index in [1.54, 1.807) is 0 Å². The van der Waals surface area contributed by atoms with Gasteiger partial charge in [0, 0.05) is 0 Å². The lowest BCUT2D eigenvalue weighted by molar-refractivity contribution is -0.145. The first-order valence-electron chi connectivity index (χ1n) is 22.5. The highest BCUT2D eigenvalue weighted by Gasteiger charge is 2.29. The van der Waals surface area contributed by atoms with E-state index in [4.69, 9.17) is 0 Å². The molecule has 6 heteroatoms. The number of aliphatic carboxylic acids is 2. The summed E-state index contributed by atoms with van der Waals surface area (Å²) in [5, 5.41) is 32.0. The van der Waals surface area contributed by atoms with Gasteiger partial charge in [-0.25, -0.2) is 0 Å². The van der Waals surface area contributed by atoms with Gasteiger partial charge in [0.2, 0.25) is 0 Å². The van der Waals surface area contributed by atoms with Crippen molar-refractivity contribution in [3.63, 3.8) is 0 Å². The van der Waals surface area contributed by atoms with Crippen molar-refractivity contribution in [2.24, 2.45) is 23.7 Å². The first kappa shape index (κ1) is 49.9. The van der Waals surface area contributed by atoms with E-state index in [1.165, 1.54) is 12.8 Å². The molecule has 0 aromatic heterocycles. The third-order valence-corrected chi connectivity index (χ3v) is 11.7. The van der Waals surface area contributed by atoms with E-state index < -0.39 is 17.5 Å². The Morgan fingerprint density at radius 3 is 1.08 bits per heavy atom. The first-order valence-corrected chi connectivity index (χ1v) is 22.5. The van der Waals surface area contributed by atoms with Crippen LogP contribution in [0, 0.1) is 23.7 Å². The number of hydrogen-bond acceptors (Lipinski definition) is 4. The molecule has 0 aromatic carbocycles. The maximum absolute atomic E-state index is 12.2. The molecule has 0 fully saturated rings. The molecule has 0 bridgehead atoms. The monoisotopic (exact) mass is 724 g/mol. The fourth-order valence-electron chi connectivity index (χ4n) is 8.56. The van der Waals surface area contributed by atoms with Crippen LogP contribution >= 0.6 is 0 Å². The van der Waals surface area contributed by atoms with Crippen LogP contribution in [-0.2, 0) is 9.59 Å². The molecular formula is C45H89NO5. The predicted octanol–water partition coefficient (Wildman–Crippen LogP) is 13.1. The van der Waals surface area contributed by atoms with Crippen molar-refractivity contribution in [1.82, 2.24) is 4.90 Å². The Labute approximate surface area is 317 Å². The second kappa shape index (κ2) is 33.4. The first-order chi connectivity index (χ1) is 24.6. The van der Waals surface area contributed by atoms with Crippen molar-refractivity contribution in [3.05, 3.63) is 0 Å². The summed E-state index contributed by atoms with van der Waals surface area (Å²) in [4.78, 5) is 27.0. The zero-order chi connectivity index (χ0) is 38.2. The highest BCUT2D eigenvalue weighted by Crippen LogP contribution is 2.32. The van der Waals surface area contributed by atoms with Crippen LogP contribution < -0.4 is 0 Å². The molecule has 0 rings (SSSR count). The maximum atomic E-state index is 12.2. The quantitative estimate of drug-likeness (QED) is 0.0546. The number of rotatable bonds is 39. The number of aliphatic hydroxyl groups is 1. The summed E-state index contributed by atoms with van der Waals surface area (Å²) in [6, 6.07) is 0. The minimum absolute atomic E-state index is 0.218. The normalized spacial score (nSPS) is 14.4. The fraction of sp³-hybridized carbons (Fsp3) is 0.956. The molecular weight excluding hydrogens is 634 g/mol. The minimum Gasteiger partial charge on any atom is -0.481 e. The standard InChI is InChI=1S/C45H89NO5/c1-7-13-27-39(28-14-8-2)41(43(47)48)31-21-17-19-23-33-45(51,35-25-26-38-46(36-11-5)37-12-6)34-24-20-18-22-32-42(44(49)50)40(29-15-9-3)30-16-10-4/h39-42,51H,7-38H2,1-6H3,(H,47,48)(H,49,50). The van der Waals surface area contributed by atoms with Crippen LogP contribution in [0.25, 0.3) is 0 Å². The van der Waals surface area contributed by atoms with Crippen molar-refractivity contribution in [2.45, 2.75) is 233 Å². The van der Waals surface area contributed by atoms with E-state index in [0.717, 1.165) is 193 Å². The van der Waals surface area contributed by atoms with Crippen molar-refractivity contribution in [3.8, 4) is 0 Å². The number of hydrogen-bond donors (Lipinski definition) is 3. The van der Waals surface area contributed by atoms with Gasteiger partial charge in [0.15, 0.2) is 0 Å². The molecule has 0 aliphatic rings. The topological polar surface area (TPSA) is 98.1 Å². The Morgan fingerprint density at radius 1 is 0.431 bits per heavy atom. The summed E-state index contributed by atoms with van der Waals surface area (Å²) >= 11 is 0. The van der Waals surface area contributed by atoms with Gasteiger partial charge in [0.05, 0.1) is 17.4 Å². The predicted molar refractivity (Wildman–Crippen MR) is 219 cm³/mol. The van der Waals surface area contributed by atoms with Gasteiger partial charge in [0.1, 0.15) is 0 Å². The van der Waals surface area contributed by atoms with Gasteiger partial charge < -0.3 is 20.2 Å². The highest BCUT2D eigenvalue weighted by molar-refractivity contribution is 5.70. The Kier molecular flexibility index (Phi) is 32.7. The number of nitrogens with zero attached hydrogens (tertiary/aromatic N) is 1. The number of unbranched alkanes of at least 4 members (excludes halogenated alkanes) is 11. The minimum atomic E-state index is -0.635. The molecule has 0 aromatic rings. The average Bonchev–Trinajstić information content (AvgIpc) is 3.10. The van der Waals surface area contributed by atoms with E-state index in [2.05, 4.69) is 46.4 Å². The number of carbonyl (C=O) groups is 2. The van der Waals surface area contributed by atoms with E-state index in [1.807, 2.05) is 0 Å². The Hall–Kier alpha value is -1.14. The largest absolute Gasteiger partial charge is 0.481 e. The van der Waals surface area contributed by atoms with Crippen LogP contribution in [0.15, 0.2) is 0 Å². The van der Waals surface area contributed by atoms with E-state index in [9.17, 15) is 24.9 Å². The summed E-state index contributed by atoms with van der Waals surface area (Å²) in [6.07, 6.45) is 29.8. The van der Waals surface area contributed by atoms with Crippen molar-refractivity contribution in [2.75, 3.05) is 19.6 Å². The third-order valence-electron chi connectivity index (χ3n) is 11.7. The van der Waals surface area contributed by atoms with Crippen molar-refractivity contribution >= 4 is 11.9 Å². The summed E-state index contributed by atoms with van der Waals surface area (Å²) < 4.78 is 0. The van der Waals surface area contributed by atoms with Gasteiger partial charge in [0.25, 0.3) is 0 Å². The van der Waals surface area contributed by atoms with E-state index >= 15 is 0 Å². The summed E-state index contributed by atoms with van der Waals surface area (Å²) in [5.74, 6) is -1.05. The third kappa shape index (κ3) is 25.5. The number of carboxylic acids is 2. The van der Waals surface area contributed by atoms with Gasteiger partial charge >= 0.3 is 11.9 Å². The molecule has 2 atom stereocenters. The molecule has 0 saturated heterocycles. The Balaban J connectivity index is 5.08. The molecule has 0 spiro atoms. The smallest absolute Gasteiger partial charge is 0.306 e. The second-order valence-corrected chi connectivity index (χ2v) is 16.4. The molecule has 0 radical (unpaired) electrons. The van der Waals surface area contributed by atoms with Crippen LogP contribution in [0.1, 0.15) is 228 Å². The summed E-state index contributed by atoms with van der Waals surface area (Å²) in [7, 11) is 0. The van der Waals surface area contributed by atoms with Crippen LogP contribution in [0.4, 0.5) is 0 Å². The van der Waals surface area contributed by atoms with Crippen LogP contribution in [0.2, 0.25) is 0 Å². The Morgan fingerprint density at radius 2 is 0.765 bits per heavy atom. The summed E-state index contributed by atoms with van der Waals surface area (Å²) in [5.41, 5.74) is -0.635. The number of carboxylic acid groups (broad SMARTS) is 2. The summed E-state index contributed by atoms with van der Waals surface area (Å²) in [6.45, 7) is 16.7. The Bertz CT molecular complexity index is 731. The average molecular weight is 724 g/mol. The maximum Gasteiger partial charge on any atom is 0.306 e. The highest BCUT2D eigenvalue weighted by atomic mass is 16.4. The molecule has 6 nitrogen and oxygen atoms in total. The van der Waals surface area contributed by atoms with Crippen LogP contribution in [0.5, 0.6) is 0 Å². The zero-order valence-corrected chi connectivity index (χ0v) is 35.0. The molecule has 0 amide bonds. The van der Waals surface area contributed by atoms with Gasteiger partial charge in [-0.15, -0.1) is 0 Å². The SMILES string of the molecule is CCCCC(CCCC)C(CCCCCCC(O)(CCCCCCC(C(=O)O)C(CCCC)CCCC)CCCCN(CCC)CCC)C(=O)O. The second-order valence-electron chi connectivity index (χ2n) is 16.4. The molecule has 0 aliphatic carbocycles. The lowest BCUT2D eigenvalue weighted by Crippen LogP contribution is -2.30. The van der Waals surface area contributed by atoms with Gasteiger partial charge in [-0.3, -0.25) is 9.59 Å². The molecule has 2 unspecified atom stereocenters. The lowest BCUT2D eigenvalue weighted by atomic mass is 9.80. The lowest BCUT2D eigenvalue weighted by Gasteiger charge is -2.29. The van der Waals surface area contributed by atoms with Gasteiger partial charge in [-0.1, -0.05) is 144 Å². The van der Waals surface area contributed by atoms with Crippen LogP contribution in [0.3, 0.4) is 0 Å².